The molecule has 0 atom stereocenters. The molecule has 0 aliphatic rings. The molecule has 0 amide bonds. The number of unbranched alkanes of at least 4 members (excludes halogenated alkanes) is 3. The van der Waals surface area contributed by atoms with E-state index in [1.165, 1.54) is 57.0 Å². The summed E-state index contributed by atoms with van der Waals surface area (Å²) in [6, 6.07) is 0. The summed E-state index contributed by atoms with van der Waals surface area (Å²) in [6.45, 7) is 7.28. The highest BCUT2D eigenvalue weighted by Crippen LogP contribution is 2.60. The standard InChI is InChI=1S/C14H32OP.H3O4P/c1-4-7-11-16(14-10-15,12-8-5-2)13-9-6-3;1-5(2,3)4/h15H,4-14H2,1-3H3;(H3,1,2,3,4)/q+1;/p-1. The predicted octanol–water partition coefficient (Wildman–Crippen LogP) is 2.84. The van der Waals surface area contributed by atoms with Gasteiger partial charge in [-0.25, -0.2) is 0 Å². The van der Waals surface area contributed by atoms with Crippen LogP contribution in [-0.4, -0.2) is 46.1 Å². The average molecular weight is 344 g/mol. The summed E-state index contributed by atoms with van der Waals surface area (Å²) in [6.07, 6.45) is 13.5. The molecule has 0 aliphatic carbocycles. The molecule has 3 N–H and O–H groups in total. The van der Waals surface area contributed by atoms with Gasteiger partial charge in [-0.05, 0) is 19.3 Å². The quantitative estimate of drug-likeness (QED) is 0.500. The van der Waals surface area contributed by atoms with Crippen LogP contribution in [0.4, 0.5) is 0 Å². The van der Waals surface area contributed by atoms with Crippen LogP contribution in [0, 0.1) is 0 Å². The zero-order valence-corrected chi connectivity index (χ0v) is 15.6. The van der Waals surface area contributed by atoms with Crippen LogP contribution < -0.4 is 4.89 Å². The van der Waals surface area contributed by atoms with E-state index < -0.39 is 15.1 Å². The van der Waals surface area contributed by atoms with Gasteiger partial charge < -0.3 is 19.8 Å². The van der Waals surface area contributed by atoms with E-state index in [0.717, 1.165) is 6.16 Å². The van der Waals surface area contributed by atoms with Crippen molar-refractivity contribution in [2.45, 2.75) is 59.3 Å². The Bertz CT molecular complexity index is 238. The van der Waals surface area contributed by atoms with Gasteiger partial charge in [-0.2, -0.15) is 0 Å². The molecular weight excluding hydrogens is 310 g/mol. The molecule has 0 rings (SSSR count). The summed E-state index contributed by atoms with van der Waals surface area (Å²) >= 11 is 0. The van der Waals surface area contributed by atoms with Crippen LogP contribution in [0.25, 0.3) is 0 Å². The molecule has 0 aromatic heterocycles. The Balaban J connectivity index is 0. The van der Waals surface area contributed by atoms with Gasteiger partial charge >= 0.3 is 0 Å². The molecule has 0 radical (unpaired) electrons. The van der Waals surface area contributed by atoms with E-state index in [9.17, 15) is 5.11 Å². The molecule has 0 saturated heterocycles. The lowest BCUT2D eigenvalue weighted by molar-refractivity contribution is -0.214. The van der Waals surface area contributed by atoms with Gasteiger partial charge in [0.1, 0.15) is 0 Å². The van der Waals surface area contributed by atoms with Gasteiger partial charge in [0.2, 0.25) is 0 Å². The van der Waals surface area contributed by atoms with Gasteiger partial charge in [0.15, 0.2) is 0 Å². The minimum absolute atomic E-state index is 0.422. The second kappa shape index (κ2) is 14.1. The molecule has 0 spiro atoms. The topological polar surface area (TPSA) is 101 Å². The lowest BCUT2D eigenvalue weighted by atomic mass is 10.4. The van der Waals surface area contributed by atoms with E-state index >= 15 is 0 Å². The normalized spacial score (nSPS) is 12.0. The molecule has 7 heteroatoms. The highest BCUT2D eigenvalue weighted by molar-refractivity contribution is 7.75. The van der Waals surface area contributed by atoms with Crippen molar-refractivity contribution in [3.63, 3.8) is 0 Å². The summed E-state index contributed by atoms with van der Waals surface area (Å²) in [4.78, 5) is 22.9. The monoisotopic (exact) mass is 344 g/mol. The van der Waals surface area contributed by atoms with Gasteiger partial charge in [0.05, 0.1) is 31.3 Å². The minimum Gasteiger partial charge on any atom is -0.756 e. The van der Waals surface area contributed by atoms with Crippen molar-refractivity contribution in [2.75, 3.05) is 31.3 Å². The van der Waals surface area contributed by atoms with Gasteiger partial charge in [-0.3, -0.25) is 4.57 Å². The van der Waals surface area contributed by atoms with E-state index in [4.69, 9.17) is 19.2 Å². The first-order valence-corrected chi connectivity index (χ1v) is 12.0. The van der Waals surface area contributed by atoms with Crippen LogP contribution in [0.5, 0.6) is 0 Å². The molecule has 5 nitrogen and oxygen atoms in total. The molecule has 0 unspecified atom stereocenters. The molecule has 0 aromatic carbocycles. The van der Waals surface area contributed by atoms with Crippen LogP contribution in [-0.2, 0) is 4.57 Å². The van der Waals surface area contributed by atoms with Crippen molar-refractivity contribution < 1.29 is 24.4 Å². The van der Waals surface area contributed by atoms with E-state index in [-0.39, 0.29) is 0 Å². The summed E-state index contributed by atoms with van der Waals surface area (Å²) in [5.41, 5.74) is 0. The van der Waals surface area contributed by atoms with Crippen molar-refractivity contribution in [1.82, 2.24) is 0 Å². The van der Waals surface area contributed by atoms with Crippen molar-refractivity contribution in [2.24, 2.45) is 0 Å². The molecular formula is C14H34O5P2. The Morgan fingerprint density at radius 1 is 0.857 bits per heavy atom. The number of aliphatic hydroxyl groups excluding tert-OH is 1. The molecule has 0 fully saturated rings. The largest absolute Gasteiger partial charge is 0.756 e. The summed E-state index contributed by atoms with van der Waals surface area (Å²) in [5.74, 6) is 0. The third-order valence-electron chi connectivity index (χ3n) is 3.53. The highest BCUT2D eigenvalue weighted by atomic mass is 31.2. The van der Waals surface area contributed by atoms with Crippen LogP contribution >= 0.6 is 15.1 Å². The zero-order chi connectivity index (χ0) is 16.8. The van der Waals surface area contributed by atoms with Crippen LogP contribution in [0.2, 0.25) is 0 Å². The van der Waals surface area contributed by atoms with Crippen molar-refractivity contribution in [1.29, 1.82) is 0 Å². The Kier molecular flexibility index (Phi) is 16.0. The fraction of sp³-hybridized carbons (Fsp3) is 1.00. The summed E-state index contributed by atoms with van der Waals surface area (Å²) in [7, 11) is -5.68. The van der Waals surface area contributed by atoms with Crippen molar-refractivity contribution in [3.05, 3.63) is 0 Å². The first-order chi connectivity index (χ1) is 9.74. The summed E-state index contributed by atoms with van der Waals surface area (Å²) in [5, 5.41) is 9.33. The maximum Gasteiger partial charge on any atom is 0.262 e. The number of aliphatic hydroxyl groups is 1. The molecule has 130 valence electrons. The maximum absolute atomic E-state index is 9.33. The maximum atomic E-state index is 9.33. The zero-order valence-electron chi connectivity index (χ0n) is 13.8. The van der Waals surface area contributed by atoms with Crippen molar-refractivity contribution >= 4 is 15.1 Å². The number of phosphoric acid groups is 1. The smallest absolute Gasteiger partial charge is 0.262 e. The van der Waals surface area contributed by atoms with Crippen molar-refractivity contribution in [3.8, 4) is 0 Å². The third-order valence-corrected chi connectivity index (χ3v) is 8.48. The second-order valence-corrected chi connectivity index (χ2v) is 11.0. The van der Waals surface area contributed by atoms with E-state index in [2.05, 4.69) is 20.8 Å². The molecule has 21 heavy (non-hydrogen) atoms. The Hall–Kier alpha value is 0.500. The van der Waals surface area contributed by atoms with Gasteiger partial charge in [-0.15, -0.1) is 0 Å². The molecule has 0 bridgehead atoms. The third kappa shape index (κ3) is 18.5. The number of hydrogen-bond donors (Lipinski definition) is 3. The fourth-order valence-electron chi connectivity index (χ4n) is 2.36. The Morgan fingerprint density at radius 2 is 1.14 bits per heavy atom. The van der Waals surface area contributed by atoms with Gasteiger partial charge in [0, 0.05) is 7.26 Å². The van der Waals surface area contributed by atoms with E-state index in [0.29, 0.717) is 6.61 Å². The predicted molar refractivity (Wildman–Crippen MR) is 90.2 cm³/mol. The first kappa shape index (κ1) is 23.8. The van der Waals surface area contributed by atoms with Crippen LogP contribution in [0.15, 0.2) is 0 Å². The van der Waals surface area contributed by atoms with Gasteiger partial charge in [-0.1, -0.05) is 40.0 Å². The minimum atomic E-state index is -4.89. The fourth-order valence-corrected chi connectivity index (χ4v) is 7.09. The van der Waals surface area contributed by atoms with Crippen LogP contribution in [0.1, 0.15) is 59.3 Å². The Morgan fingerprint density at radius 3 is 1.33 bits per heavy atom. The lowest BCUT2D eigenvalue weighted by Crippen LogP contribution is -2.14. The van der Waals surface area contributed by atoms with E-state index in [1.54, 1.807) is 0 Å². The second-order valence-electron chi connectivity index (χ2n) is 5.51. The van der Waals surface area contributed by atoms with E-state index in [1.807, 2.05) is 0 Å². The lowest BCUT2D eigenvalue weighted by Gasteiger charge is -2.27. The highest BCUT2D eigenvalue weighted by Gasteiger charge is 2.34. The SMILES string of the molecule is CCCC[P+](CCO)(CCCC)CCCC.O=P([O-])(O)O. The average Bonchev–Trinajstić information content (AvgIpc) is 2.38. The van der Waals surface area contributed by atoms with Gasteiger partial charge in [0.25, 0.3) is 7.82 Å². The first-order valence-electron chi connectivity index (χ1n) is 7.97. The molecule has 0 heterocycles. The number of hydrogen-bond acceptors (Lipinski definition) is 3. The number of rotatable bonds is 11. The van der Waals surface area contributed by atoms with Crippen LogP contribution in [0.3, 0.4) is 0 Å². The Labute approximate surface area is 130 Å². The molecule has 0 aliphatic heterocycles. The summed E-state index contributed by atoms with van der Waals surface area (Å²) < 4.78 is 8.77. The molecule has 0 saturated carbocycles. The molecule has 0 aromatic rings.